The van der Waals surface area contributed by atoms with E-state index in [1.807, 2.05) is 18.2 Å². The summed E-state index contributed by atoms with van der Waals surface area (Å²) in [5.41, 5.74) is 2.38. The van der Waals surface area contributed by atoms with E-state index in [9.17, 15) is 4.39 Å². The van der Waals surface area contributed by atoms with Crippen molar-refractivity contribution in [3.63, 3.8) is 0 Å². The Morgan fingerprint density at radius 2 is 1.87 bits per heavy atom. The fraction of sp³-hybridized carbons (Fsp3) is 0.421. The van der Waals surface area contributed by atoms with Gasteiger partial charge < -0.3 is 5.32 Å². The van der Waals surface area contributed by atoms with Crippen molar-refractivity contribution in [2.45, 2.75) is 45.2 Å². The fourth-order valence-corrected chi connectivity index (χ4v) is 3.03. The van der Waals surface area contributed by atoms with Gasteiger partial charge in [-0.05, 0) is 36.8 Å². The van der Waals surface area contributed by atoms with Crippen LogP contribution in [-0.2, 0) is 6.54 Å². The summed E-state index contributed by atoms with van der Waals surface area (Å²) in [5, 5.41) is 3.35. The zero-order chi connectivity index (χ0) is 16.8. The van der Waals surface area contributed by atoms with Gasteiger partial charge in [-0.3, -0.25) is 0 Å². The molecule has 1 aromatic carbocycles. The lowest BCUT2D eigenvalue weighted by Gasteiger charge is -2.17. The zero-order valence-electron chi connectivity index (χ0n) is 14.3. The number of nitrogens with one attached hydrogen (secondary N) is 1. The predicted octanol–water partition coefficient (Wildman–Crippen LogP) is 5.13. The summed E-state index contributed by atoms with van der Waals surface area (Å²) in [6.07, 6.45) is 0. The molecule has 124 valence electrons. The van der Waals surface area contributed by atoms with Gasteiger partial charge in [-0.25, -0.2) is 9.37 Å². The summed E-state index contributed by atoms with van der Waals surface area (Å²) in [5.74, 6) is 1.25. The quantitative estimate of drug-likeness (QED) is 0.711. The van der Waals surface area contributed by atoms with Crippen LogP contribution in [0.15, 0.2) is 41.3 Å². The minimum absolute atomic E-state index is 0.252. The molecular formula is C19H25FN2S. The van der Waals surface area contributed by atoms with Gasteiger partial charge in [0.05, 0.1) is 11.4 Å². The smallest absolute Gasteiger partial charge is 0.146 e. The lowest BCUT2D eigenvalue weighted by Crippen LogP contribution is -2.30. The van der Waals surface area contributed by atoms with Gasteiger partial charge in [0.1, 0.15) is 5.82 Å². The molecule has 0 bridgehead atoms. The Morgan fingerprint density at radius 3 is 2.57 bits per heavy atom. The van der Waals surface area contributed by atoms with Crippen LogP contribution >= 0.6 is 11.8 Å². The summed E-state index contributed by atoms with van der Waals surface area (Å²) >= 11 is 1.78. The van der Waals surface area contributed by atoms with Gasteiger partial charge in [-0.2, -0.15) is 0 Å². The number of benzene rings is 1. The maximum atomic E-state index is 14.1. The number of hydrogen-bond acceptors (Lipinski definition) is 3. The van der Waals surface area contributed by atoms with E-state index in [4.69, 9.17) is 0 Å². The van der Waals surface area contributed by atoms with Gasteiger partial charge in [0.25, 0.3) is 0 Å². The van der Waals surface area contributed by atoms with Crippen LogP contribution in [0.4, 0.5) is 4.39 Å². The molecule has 0 aliphatic rings. The van der Waals surface area contributed by atoms with Crippen molar-refractivity contribution in [3.8, 4) is 11.3 Å². The second-order valence-electron chi connectivity index (χ2n) is 5.97. The van der Waals surface area contributed by atoms with E-state index >= 15 is 0 Å². The first kappa shape index (κ1) is 18.0. The molecule has 1 N–H and O–H groups in total. The molecule has 23 heavy (non-hydrogen) atoms. The third kappa shape index (κ3) is 4.79. The molecule has 1 heterocycles. The minimum atomic E-state index is -0.252. The number of hydrogen-bond donors (Lipinski definition) is 1. The normalized spacial score (nSPS) is 12.6. The van der Waals surface area contributed by atoms with Gasteiger partial charge in [0.2, 0.25) is 0 Å². The molecule has 2 nitrogen and oxygen atoms in total. The van der Waals surface area contributed by atoms with E-state index in [0.717, 1.165) is 17.0 Å². The molecule has 2 rings (SSSR count). The lowest BCUT2D eigenvalue weighted by molar-refractivity contribution is 0.418. The Kier molecular flexibility index (Phi) is 6.60. The molecule has 0 aliphatic heterocycles. The van der Waals surface area contributed by atoms with E-state index in [2.05, 4.69) is 44.1 Å². The van der Waals surface area contributed by atoms with E-state index < -0.39 is 0 Å². The molecule has 0 unspecified atom stereocenters. The third-order valence-corrected chi connectivity index (χ3v) is 4.93. The Hall–Kier alpha value is -1.39. The SMILES string of the molecule is CCSc1ccccc1-c1ccc(F)c(CN[C@H](C)C(C)C)n1. The number of rotatable bonds is 7. The van der Waals surface area contributed by atoms with E-state index in [1.165, 1.54) is 11.0 Å². The topological polar surface area (TPSA) is 24.9 Å². The number of nitrogens with zero attached hydrogens (tertiary/aromatic N) is 1. The van der Waals surface area contributed by atoms with Crippen LogP contribution < -0.4 is 5.32 Å². The molecule has 0 saturated heterocycles. The highest BCUT2D eigenvalue weighted by Crippen LogP contribution is 2.30. The average Bonchev–Trinajstić information content (AvgIpc) is 2.54. The van der Waals surface area contributed by atoms with Gasteiger partial charge in [-0.1, -0.05) is 39.0 Å². The highest BCUT2D eigenvalue weighted by Gasteiger charge is 2.12. The van der Waals surface area contributed by atoms with E-state index in [0.29, 0.717) is 24.2 Å². The number of pyridine rings is 1. The number of aromatic nitrogens is 1. The van der Waals surface area contributed by atoms with Crippen LogP contribution in [0.25, 0.3) is 11.3 Å². The maximum Gasteiger partial charge on any atom is 0.146 e. The van der Waals surface area contributed by atoms with Crippen molar-refractivity contribution < 1.29 is 4.39 Å². The van der Waals surface area contributed by atoms with Crippen molar-refractivity contribution in [3.05, 3.63) is 47.9 Å². The second kappa shape index (κ2) is 8.46. The van der Waals surface area contributed by atoms with Crippen LogP contribution in [0.3, 0.4) is 0 Å². The van der Waals surface area contributed by atoms with Gasteiger partial charge >= 0.3 is 0 Å². The molecule has 2 aromatic rings. The molecule has 4 heteroatoms. The van der Waals surface area contributed by atoms with Crippen LogP contribution in [0.5, 0.6) is 0 Å². The van der Waals surface area contributed by atoms with Crippen molar-refractivity contribution in [1.29, 1.82) is 0 Å². The van der Waals surface area contributed by atoms with Crippen molar-refractivity contribution in [1.82, 2.24) is 10.3 Å². The Morgan fingerprint density at radius 1 is 1.13 bits per heavy atom. The Bertz CT molecular complexity index is 643. The first-order valence-electron chi connectivity index (χ1n) is 8.14. The first-order valence-corrected chi connectivity index (χ1v) is 9.12. The molecule has 1 aromatic heterocycles. The molecule has 0 radical (unpaired) electrons. The van der Waals surface area contributed by atoms with Crippen LogP contribution in [0, 0.1) is 11.7 Å². The largest absolute Gasteiger partial charge is 0.308 e. The standard InChI is InChI=1S/C19H25FN2S/c1-5-23-19-9-7-6-8-15(19)17-11-10-16(20)18(22-17)12-21-14(4)13(2)3/h6-11,13-14,21H,5,12H2,1-4H3/t14-/m1/s1. The van der Waals surface area contributed by atoms with Crippen LogP contribution in [0.1, 0.15) is 33.4 Å². The van der Waals surface area contributed by atoms with Crippen molar-refractivity contribution >= 4 is 11.8 Å². The minimum Gasteiger partial charge on any atom is -0.308 e. The van der Waals surface area contributed by atoms with Gasteiger partial charge in [0, 0.05) is 23.0 Å². The van der Waals surface area contributed by atoms with Crippen molar-refractivity contribution in [2.75, 3.05) is 5.75 Å². The summed E-state index contributed by atoms with van der Waals surface area (Å²) in [7, 11) is 0. The Balaban J connectivity index is 2.26. The van der Waals surface area contributed by atoms with Crippen LogP contribution in [-0.4, -0.2) is 16.8 Å². The zero-order valence-corrected chi connectivity index (χ0v) is 15.1. The molecule has 0 aliphatic carbocycles. The lowest BCUT2D eigenvalue weighted by atomic mass is 10.1. The first-order chi connectivity index (χ1) is 11.0. The molecular weight excluding hydrogens is 307 g/mol. The summed E-state index contributed by atoms with van der Waals surface area (Å²) in [4.78, 5) is 5.75. The molecule has 1 atom stereocenters. The maximum absolute atomic E-state index is 14.1. The van der Waals surface area contributed by atoms with E-state index in [-0.39, 0.29) is 5.82 Å². The highest BCUT2D eigenvalue weighted by atomic mass is 32.2. The summed E-state index contributed by atoms with van der Waals surface area (Å²) in [6.45, 7) is 8.98. The number of halogens is 1. The molecule has 0 saturated carbocycles. The third-order valence-electron chi connectivity index (χ3n) is 3.97. The van der Waals surface area contributed by atoms with Gasteiger partial charge in [0.15, 0.2) is 0 Å². The Labute approximate surface area is 142 Å². The monoisotopic (exact) mass is 332 g/mol. The average molecular weight is 332 g/mol. The summed E-state index contributed by atoms with van der Waals surface area (Å²) in [6, 6.07) is 11.8. The molecule has 0 fully saturated rings. The van der Waals surface area contributed by atoms with E-state index in [1.54, 1.807) is 17.8 Å². The van der Waals surface area contributed by atoms with Gasteiger partial charge in [-0.15, -0.1) is 11.8 Å². The van der Waals surface area contributed by atoms with Crippen LogP contribution in [0.2, 0.25) is 0 Å². The summed E-state index contributed by atoms with van der Waals surface area (Å²) < 4.78 is 14.1. The predicted molar refractivity (Wildman–Crippen MR) is 97.2 cm³/mol. The second-order valence-corrected chi connectivity index (χ2v) is 7.27. The molecule has 0 spiro atoms. The fourth-order valence-electron chi connectivity index (χ4n) is 2.21. The van der Waals surface area contributed by atoms with Crippen molar-refractivity contribution in [2.24, 2.45) is 5.92 Å². The number of thioether (sulfide) groups is 1. The highest BCUT2D eigenvalue weighted by molar-refractivity contribution is 7.99. The molecule has 0 amide bonds.